The quantitative estimate of drug-likeness (QED) is 0.496. The van der Waals surface area contributed by atoms with E-state index in [9.17, 15) is 4.79 Å². The summed E-state index contributed by atoms with van der Waals surface area (Å²) < 4.78 is 0. The van der Waals surface area contributed by atoms with Crippen LogP contribution in [0.2, 0.25) is 0 Å². The van der Waals surface area contributed by atoms with Gasteiger partial charge in [-0.2, -0.15) is 0 Å². The van der Waals surface area contributed by atoms with Crippen LogP contribution in [-0.2, 0) is 4.79 Å². The zero-order valence-corrected chi connectivity index (χ0v) is 5.05. The lowest BCUT2D eigenvalue weighted by atomic mass is 10.2. The summed E-state index contributed by atoms with van der Waals surface area (Å²) in [6.45, 7) is 2.10. The Hall–Kier alpha value is -0.370. The Morgan fingerprint density at radius 2 is 2.38 bits per heavy atom. The van der Waals surface area contributed by atoms with Gasteiger partial charge in [0.2, 0.25) is 0 Å². The lowest BCUT2D eigenvalue weighted by Gasteiger charge is -2.00. The molecule has 1 aliphatic rings. The van der Waals surface area contributed by atoms with Crippen molar-refractivity contribution in [3.8, 4) is 0 Å². The predicted octanol–water partition coefficient (Wildman–Crippen LogP) is 0.326. The molecule has 2 nitrogen and oxygen atoms in total. The molecule has 0 saturated carbocycles. The molecule has 1 heterocycles. The molecule has 2 heteroatoms. The van der Waals surface area contributed by atoms with Crippen LogP contribution in [0.3, 0.4) is 0 Å². The minimum Gasteiger partial charge on any atom is -0.305 e. The van der Waals surface area contributed by atoms with Gasteiger partial charge in [-0.15, -0.1) is 0 Å². The number of rotatable bonds is 1. The standard InChI is InChI=1S/C6H11NO/c1-5-2-3-6(4-8)7-5/h4-7H,2-3H2,1H3. The lowest BCUT2D eigenvalue weighted by molar-refractivity contribution is -0.109. The highest BCUT2D eigenvalue weighted by molar-refractivity contribution is 5.58. The summed E-state index contributed by atoms with van der Waals surface area (Å²) in [6, 6.07) is 0.690. The van der Waals surface area contributed by atoms with E-state index in [1.165, 1.54) is 0 Å². The number of nitrogens with one attached hydrogen (secondary N) is 1. The first-order chi connectivity index (χ1) is 3.83. The first-order valence-corrected chi connectivity index (χ1v) is 3.04. The maximum atomic E-state index is 10.1. The van der Waals surface area contributed by atoms with Gasteiger partial charge in [-0.3, -0.25) is 0 Å². The molecule has 2 unspecified atom stereocenters. The van der Waals surface area contributed by atoms with Gasteiger partial charge in [0.1, 0.15) is 6.29 Å². The minimum atomic E-state index is 0.144. The van der Waals surface area contributed by atoms with E-state index in [0.29, 0.717) is 6.04 Å². The van der Waals surface area contributed by atoms with Crippen molar-refractivity contribution in [2.75, 3.05) is 0 Å². The highest BCUT2D eigenvalue weighted by atomic mass is 16.1. The van der Waals surface area contributed by atoms with Crippen LogP contribution in [0.25, 0.3) is 0 Å². The topological polar surface area (TPSA) is 29.1 Å². The summed E-state index contributed by atoms with van der Waals surface area (Å²) in [5.74, 6) is 0. The molecule has 1 fully saturated rings. The molecule has 46 valence electrons. The second kappa shape index (κ2) is 2.27. The summed E-state index contributed by atoms with van der Waals surface area (Å²) in [4.78, 5) is 10.1. The average Bonchev–Trinajstić information content (AvgIpc) is 2.14. The van der Waals surface area contributed by atoms with Gasteiger partial charge in [0.25, 0.3) is 0 Å². The summed E-state index contributed by atoms with van der Waals surface area (Å²) in [6.07, 6.45) is 3.15. The fourth-order valence-corrected chi connectivity index (χ4v) is 1.07. The molecule has 1 aliphatic heterocycles. The van der Waals surface area contributed by atoms with E-state index in [2.05, 4.69) is 12.2 Å². The second-order valence-corrected chi connectivity index (χ2v) is 2.39. The van der Waals surface area contributed by atoms with Crippen LogP contribution < -0.4 is 5.32 Å². The Labute approximate surface area is 49.3 Å². The Balaban J connectivity index is 2.32. The number of hydrogen-bond donors (Lipinski definition) is 1. The second-order valence-electron chi connectivity index (χ2n) is 2.39. The van der Waals surface area contributed by atoms with E-state index in [0.717, 1.165) is 19.1 Å². The molecule has 0 amide bonds. The fourth-order valence-electron chi connectivity index (χ4n) is 1.07. The first-order valence-electron chi connectivity index (χ1n) is 3.04. The molecule has 1 saturated heterocycles. The maximum absolute atomic E-state index is 10.1. The van der Waals surface area contributed by atoms with E-state index < -0.39 is 0 Å². The van der Waals surface area contributed by atoms with Gasteiger partial charge in [0, 0.05) is 6.04 Å². The summed E-state index contributed by atoms with van der Waals surface area (Å²) in [7, 11) is 0. The molecule has 0 aromatic heterocycles. The van der Waals surface area contributed by atoms with Crippen LogP contribution in [-0.4, -0.2) is 18.4 Å². The van der Waals surface area contributed by atoms with Gasteiger partial charge in [-0.05, 0) is 19.8 Å². The van der Waals surface area contributed by atoms with Gasteiger partial charge in [0.15, 0.2) is 0 Å². The molecule has 1 N–H and O–H groups in total. The highest BCUT2D eigenvalue weighted by Gasteiger charge is 2.18. The molecule has 8 heavy (non-hydrogen) atoms. The van der Waals surface area contributed by atoms with Gasteiger partial charge in [0.05, 0.1) is 6.04 Å². The van der Waals surface area contributed by atoms with Crippen molar-refractivity contribution in [3.63, 3.8) is 0 Å². The van der Waals surface area contributed by atoms with E-state index >= 15 is 0 Å². The number of carbonyl (C=O) groups is 1. The lowest BCUT2D eigenvalue weighted by Crippen LogP contribution is -2.27. The van der Waals surface area contributed by atoms with Crippen LogP contribution in [0.15, 0.2) is 0 Å². The van der Waals surface area contributed by atoms with Crippen molar-refractivity contribution in [2.45, 2.75) is 31.8 Å². The van der Waals surface area contributed by atoms with Gasteiger partial charge < -0.3 is 10.1 Å². The Kier molecular flexibility index (Phi) is 1.63. The fraction of sp³-hybridized carbons (Fsp3) is 0.833. The van der Waals surface area contributed by atoms with Gasteiger partial charge in [-0.1, -0.05) is 0 Å². The number of aldehydes is 1. The van der Waals surface area contributed by atoms with E-state index in [1.54, 1.807) is 0 Å². The van der Waals surface area contributed by atoms with Crippen LogP contribution in [0, 0.1) is 0 Å². The largest absolute Gasteiger partial charge is 0.305 e. The maximum Gasteiger partial charge on any atom is 0.136 e. The van der Waals surface area contributed by atoms with Crippen molar-refractivity contribution in [1.29, 1.82) is 0 Å². The minimum absolute atomic E-state index is 0.144. The third-order valence-electron chi connectivity index (χ3n) is 1.57. The molecular weight excluding hydrogens is 102 g/mol. The third kappa shape index (κ3) is 1.07. The molecule has 0 aliphatic carbocycles. The zero-order chi connectivity index (χ0) is 5.98. The Morgan fingerprint density at radius 1 is 1.62 bits per heavy atom. The van der Waals surface area contributed by atoms with Crippen LogP contribution in [0.4, 0.5) is 0 Å². The summed E-state index contributed by atoms with van der Waals surface area (Å²) in [5, 5.41) is 3.14. The molecule has 0 spiro atoms. The smallest absolute Gasteiger partial charge is 0.136 e. The number of hydrogen-bond acceptors (Lipinski definition) is 2. The van der Waals surface area contributed by atoms with Gasteiger partial charge >= 0.3 is 0 Å². The van der Waals surface area contributed by atoms with Crippen LogP contribution >= 0.6 is 0 Å². The van der Waals surface area contributed by atoms with Crippen molar-refractivity contribution >= 4 is 6.29 Å². The molecule has 0 aromatic rings. The molecule has 1 rings (SSSR count). The van der Waals surface area contributed by atoms with E-state index in [4.69, 9.17) is 0 Å². The predicted molar refractivity (Wildman–Crippen MR) is 31.7 cm³/mol. The van der Waals surface area contributed by atoms with E-state index in [-0.39, 0.29) is 6.04 Å². The summed E-state index contributed by atoms with van der Waals surface area (Å²) in [5.41, 5.74) is 0. The SMILES string of the molecule is CC1CCC(C=O)N1. The molecular formula is C6H11NO. The zero-order valence-electron chi connectivity index (χ0n) is 5.05. The van der Waals surface area contributed by atoms with Crippen molar-refractivity contribution in [2.24, 2.45) is 0 Å². The molecule has 0 radical (unpaired) electrons. The molecule has 0 aromatic carbocycles. The monoisotopic (exact) mass is 113 g/mol. The molecule has 0 bridgehead atoms. The van der Waals surface area contributed by atoms with Gasteiger partial charge in [-0.25, -0.2) is 0 Å². The average molecular weight is 113 g/mol. The highest BCUT2D eigenvalue weighted by Crippen LogP contribution is 2.08. The Bertz CT molecular complexity index is 92.5. The van der Waals surface area contributed by atoms with E-state index in [1.807, 2.05) is 0 Å². The van der Waals surface area contributed by atoms with Crippen molar-refractivity contribution in [1.82, 2.24) is 5.32 Å². The molecule has 2 atom stereocenters. The van der Waals surface area contributed by atoms with Crippen LogP contribution in [0.5, 0.6) is 0 Å². The van der Waals surface area contributed by atoms with Crippen LogP contribution in [0.1, 0.15) is 19.8 Å². The first kappa shape index (κ1) is 5.76. The summed E-state index contributed by atoms with van der Waals surface area (Å²) >= 11 is 0. The third-order valence-corrected chi connectivity index (χ3v) is 1.57. The Morgan fingerprint density at radius 3 is 2.62 bits per heavy atom. The van der Waals surface area contributed by atoms with Crippen molar-refractivity contribution in [3.05, 3.63) is 0 Å². The number of carbonyl (C=O) groups excluding carboxylic acids is 1. The van der Waals surface area contributed by atoms with Crippen molar-refractivity contribution < 1.29 is 4.79 Å². The normalized spacial score (nSPS) is 37.6.